The molecule has 0 spiro atoms. The summed E-state index contributed by atoms with van der Waals surface area (Å²) in [6, 6.07) is 11.5. The molecule has 0 aliphatic carbocycles. The average Bonchev–Trinajstić information content (AvgIpc) is 3.13. The summed E-state index contributed by atoms with van der Waals surface area (Å²) in [5.41, 5.74) is 0.969. The van der Waals surface area contributed by atoms with Crippen LogP contribution >= 0.6 is 0 Å². The number of rotatable bonds is 8. The van der Waals surface area contributed by atoms with Crippen molar-refractivity contribution in [1.29, 1.82) is 0 Å². The molecule has 0 radical (unpaired) electrons. The molecule has 0 bridgehead atoms. The summed E-state index contributed by atoms with van der Waals surface area (Å²) in [6.45, 7) is 1.92. The zero-order valence-corrected chi connectivity index (χ0v) is 17.7. The normalized spacial score (nSPS) is 11.5. The van der Waals surface area contributed by atoms with Gasteiger partial charge in [-0.05, 0) is 43.3 Å². The van der Waals surface area contributed by atoms with Crippen molar-refractivity contribution in [2.45, 2.75) is 11.8 Å². The van der Waals surface area contributed by atoms with E-state index in [4.69, 9.17) is 9.47 Å². The number of benzene rings is 1. The Labute approximate surface area is 174 Å². The van der Waals surface area contributed by atoms with E-state index in [-0.39, 0.29) is 18.1 Å². The summed E-state index contributed by atoms with van der Waals surface area (Å²) in [6.07, 6.45) is 3.09. The maximum Gasteiger partial charge on any atom is 0.341 e. The van der Waals surface area contributed by atoms with E-state index < -0.39 is 16.0 Å². The predicted molar refractivity (Wildman–Crippen MR) is 109 cm³/mol. The summed E-state index contributed by atoms with van der Waals surface area (Å²) < 4.78 is 37.6. The van der Waals surface area contributed by atoms with Gasteiger partial charge in [-0.3, -0.25) is 0 Å². The summed E-state index contributed by atoms with van der Waals surface area (Å²) in [5.74, 6) is 0.575. The van der Waals surface area contributed by atoms with Crippen LogP contribution in [0, 0.1) is 6.92 Å². The molecular formula is C20H22N4O5S. The van der Waals surface area contributed by atoms with Crippen LogP contribution in [0.4, 0.5) is 0 Å². The quantitative estimate of drug-likeness (QED) is 0.398. The highest BCUT2D eigenvalue weighted by molar-refractivity contribution is 7.89. The third-order valence-corrected chi connectivity index (χ3v) is 6.11. The molecule has 2 heterocycles. The van der Waals surface area contributed by atoms with Crippen LogP contribution in [0.5, 0.6) is 5.75 Å². The number of hydrogen-bond donors (Lipinski definition) is 0. The molecule has 0 unspecified atom stereocenters. The number of sulfonamides is 1. The lowest BCUT2D eigenvalue weighted by Crippen LogP contribution is -2.22. The lowest BCUT2D eigenvalue weighted by molar-refractivity contribution is 0.0449. The second-order valence-electron chi connectivity index (χ2n) is 6.49. The molecule has 0 saturated heterocycles. The first-order valence-corrected chi connectivity index (χ1v) is 10.5. The minimum Gasteiger partial charge on any atom is -0.490 e. The van der Waals surface area contributed by atoms with E-state index in [0.29, 0.717) is 22.8 Å². The lowest BCUT2D eigenvalue weighted by atomic mass is 10.2. The van der Waals surface area contributed by atoms with Crippen LogP contribution in [0.3, 0.4) is 0 Å². The maximum absolute atomic E-state index is 12.3. The largest absolute Gasteiger partial charge is 0.490 e. The smallest absolute Gasteiger partial charge is 0.341 e. The van der Waals surface area contributed by atoms with Crippen molar-refractivity contribution in [3.05, 3.63) is 66.1 Å². The van der Waals surface area contributed by atoms with Gasteiger partial charge in [-0.25, -0.2) is 27.2 Å². The Hall–Kier alpha value is -3.24. The van der Waals surface area contributed by atoms with Gasteiger partial charge in [0.25, 0.3) is 0 Å². The fraction of sp³-hybridized carbons (Fsp3) is 0.250. The molecular weight excluding hydrogens is 408 g/mol. The van der Waals surface area contributed by atoms with E-state index in [1.807, 2.05) is 6.07 Å². The first-order chi connectivity index (χ1) is 14.3. The van der Waals surface area contributed by atoms with E-state index in [1.165, 1.54) is 32.4 Å². The fourth-order valence-electron chi connectivity index (χ4n) is 2.61. The molecule has 0 atom stereocenters. The fourth-order valence-corrected chi connectivity index (χ4v) is 3.51. The van der Waals surface area contributed by atoms with Crippen LogP contribution in [0.2, 0.25) is 0 Å². The molecule has 10 heteroatoms. The molecule has 3 aromatic rings. The van der Waals surface area contributed by atoms with Crippen LogP contribution in [0.1, 0.15) is 16.1 Å². The molecule has 0 saturated carbocycles. The number of hydrogen-bond acceptors (Lipinski definition) is 7. The molecule has 0 N–H and O–H groups in total. The Morgan fingerprint density at radius 2 is 1.83 bits per heavy atom. The Morgan fingerprint density at radius 1 is 1.10 bits per heavy atom. The number of aromatic nitrogens is 3. The molecule has 0 aliphatic heterocycles. The molecule has 2 aromatic heterocycles. The number of nitrogens with zero attached hydrogens (tertiary/aromatic N) is 4. The highest BCUT2D eigenvalue weighted by Gasteiger charge is 2.18. The van der Waals surface area contributed by atoms with Crippen molar-refractivity contribution in [3.63, 3.8) is 0 Å². The second-order valence-corrected chi connectivity index (χ2v) is 8.64. The topological polar surface area (TPSA) is 104 Å². The molecule has 3 rings (SSSR count). The lowest BCUT2D eigenvalue weighted by Gasteiger charge is -2.12. The van der Waals surface area contributed by atoms with E-state index >= 15 is 0 Å². The van der Waals surface area contributed by atoms with Gasteiger partial charge in [0.05, 0.1) is 16.8 Å². The van der Waals surface area contributed by atoms with Crippen LogP contribution < -0.4 is 4.74 Å². The van der Waals surface area contributed by atoms with Gasteiger partial charge in [-0.15, -0.1) is 0 Å². The third-order valence-electron chi connectivity index (χ3n) is 4.28. The number of esters is 1. The third kappa shape index (κ3) is 4.66. The highest BCUT2D eigenvalue weighted by atomic mass is 32.2. The van der Waals surface area contributed by atoms with Gasteiger partial charge in [-0.2, -0.15) is 5.10 Å². The van der Waals surface area contributed by atoms with Gasteiger partial charge in [0, 0.05) is 20.3 Å². The number of carbonyl (C=O) groups excluding carboxylic acids is 1. The SMILES string of the molecule is Cc1c(C(=O)OCCOc2ccc(S(=O)(=O)N(C)C)cc2)cnn1-c1ccccn1. The van der Waals surface area contributed by atoms with E-state index in [9.17, 15) is 13.2 Å². The average molecular weight is 430 g/mol. The van der Waals surface area contributed by atoms with Gasteiger partial charge < -0.3 is 9.47 Å². The summed E-state index contributed by atoms with van der Waals surface area (Å²) in [5, 5.41) is 4.19. The van der Waals surface area contributed by atoms with Crippen LogP contribution in [0.25, 0.3) is 5.82 Å². The van der Waals surface area contributed by atoms with E-state index in [2.05, 4.69) is 10.1 Å². The van der Waals surface area contributed by atoms with Gasteiger partial charge >= 0.3 is 5.97 Å². The Bertz CT molecular complexity index is 1110. The standard InChI is InChI=1S/C20H22N4O5S/c1-15-18(14-22-24(15)19-6-4-5-11-21-19)20(25)29-13-12-28-16-7-9-17(10-8-16)30(26,27)23(2)3/h4-11,14H,12-13H2,1-3H3. The molecule has 9 nitrogen and oxygen atoms in total. The minimum absolute atomic E-state index is 0.0325. The summed E-state index contributed by atoms with van der Waals surface area (Å²) >= 11 is 0. The highest BCUT2D eigenvalue weighted by Crippen LogP contribution is 2.18. The van der Waals surface area contributed by atoms with Crippen molar-refractivity contribution in [3.8, 4) is 11.6 Å². The summed E-state index contributed by atoms with van der Waals surface area (Å²) in [7, 11) is -0.551. The van der Waals surface area contributed by atoms with Gasteiger partial charge in [0.2, 0.25) is 10.0 Å². The molecule has 0 aliphatic rings. The second kappa shape index (κ2) is 9.06. The van der Waals surface area contributed by atoms with Crippen molar-refractivity contribution in [2.75, 3.05) is 27.3 Å². The predicted octanol–water partition coefficient (Wildman–Crippen LogP) is 2.06. The Balaban J connectivity index is 1.53. The Kier molecular flexibility index (Phi) is 6.48. The minimum atomic E-state index is -3.49. The van der Waals surface area contributed by atoms with Gasteiger partial charge in [0.1, 0.15) is 24.5 Å². The van der Waals surface area contributed by atoms with E-state index in [1.54, 1.807) is 42.1 Å². The van der Waals surface area contributed by atoms with Crippen LogP contribution in [-0.4, -0.2) is 60.8 Å². The number of ether oxygens (including phenoxy) is 2. The van der Waals surface area contributed by atoms with Crippen molar-refractivity contribution in [1.82, 2.24) is 19.1 Å². The Morgan fingerprint density at radius 3 is 2.47 bits per heavy atom. The van der Waals surface area contributed by atoms with Crippen molar-refractivity contribution < 1.29 is 22.7 Å². The molecule has 1 aromatic carbocycles. The first kappa shape index (κ1) is 21.5. The summed E-state index contributed by atoms with van der Waals surface area (Å²) in [4.78, 5) is 16.7. The van der Waals surface area contributed by atoms with Crippen molar-refractivity contribution in [2.24, 2.45) is 0 Å². The van der Waals surface area contributed by atoms with Crippen LogP contribution in [-0.2, 0) is 14.8 Å². The molecule has 30 heavy (non-hydrogen) atoms. The van der Waals surface area contributed by atoms with Gasteiger partial charge in [-0.1, -0.05) is 6.07 Å². The molecule has 0 fully saturated rings. The monoisotopic (exact) mass is 430 g/mol. The molecule has 0 amide bonds. The number of carbonyl (C=O) groups is 1. The number of pyridine rings is 1. The van der Waals surface area contributed by atoms with Crippen molar-refractivity contribution >= 4 is 16.0 Å². The maximum atomic E-state index is 12.3. The van der Waals surface area contributed by atoms with Gasteiger partial charge in [0.15, 0.2) is 5.82 Å². The van der Waals surface area contributed by atoms with Crippen LogP contribution in [0.15, 0.2) is 59.8 Å². The first-order valence-electron chi connectivity index (χ1n) is 9.09. The molecule has 158 valence electrons. The van der Waals surface area contributed by atoms with E-state index in [0.717, 1.165) is 4.31 Å². The zero-order chi connectivity index (χ0) is 21.7. The zero-order valence-electron chi connectivity index (χ0n) is 16.8.